The monoisotopic (exact) mass is 246 g/mol. The zero-order valence-electron chi connectivity index (χ0n) is 8.81. The number of nitriles is 1. The van der Waals surface area contributed by atoms with Gasteiger partial charge in [0.15, 0.2) is 0 Å². The van der Waals surface area contributed by atoms with Gasteiger partial charge >= 0.3 is 6.18 Å². The lowest BCUT2D eigenvalue weighted by Gasteiger charge is -2.08. The second kappa shape index (κ2) is 5.64. The molecule has 0 aromatic heterocycles. The fourth-order valence-corrected chi connectivity index (χ4v) is 1.28. The van der Waals surface area contributed by atoms with Gasteiger partial charge in [-0.15, -0.1) is 0 Å². The van der Waals surface area contributed by atoms with Gasteiger partial charge in [0.2, 0.25) is 0 Å². The Morgan fingerprint density at radius 2 is 1.94 bits per heavy atom. The van der Waals surface area contributed by atoms with Gasteiger partial charge in [-0.3, -0.25) is 0 Å². The molecule has 0 bridgehead atoms. The molecule has 0 amide bonds. The molecule has 0 heterocycles. The van der Waals surface area contributed by atoms with Crippen LogP contribution in [0.5, 0.6) is 0 Å². The average molecular weight is 246 g/mol. The lowest BCUT2D eigenvalue weighted by atomic mass is 10.1. The van der Waals surface area contributed by atoms with E-state index in [1.165, 1.54) is 12.1 Å². The number of alkyl halides is 3. The van der Waals surface area contributed by atoms with Gasteiger partial charge in [-0.05, 0) is 23.8 Å². The normalized spacial score (nSPS) is 11.2. The first-order chi connectivity index (χ1) is 7.90. The maximum Gasteiger partial charge on any atom is 0.390 e. The van der Waals surface area contributed by atoms with Gasteiger partial charge in [-0.2, -0.15) is 18.4 Å². The van der Waals surface area contributed by atoms with Crippen LogP contribution in [0.25, 0.3) is 0 Å². The summed E-state index contributed by atoms with van der Waals surface area (Å²) in [7, 11) is 0. The Morgan fingerprint density at radius 1 is 1.24 bits per heavy atom. The number of hydrogen-bond donors (Lipinski definition) is 1. The van der Waals surface area contributed by atoms with Crippen molar-refractivity contribution in [3.05, 3.63) is 35.1 Å². The third-order valence-corrected chi connectivity index (χ3v) is 2.00. The van der Waals surface area contributed by atoms with Gasteiger partial charge in [0.1, 0.15) is 5.82 Å². The summed E-state index contributed by atoms with van der Waals surface area (Å²) in [6, 6.07) is 5.46. The standard InChI is InChI=1S/C11H10F4N2/c12-10-4-8(6-16)3-9(5-10)7-17-2-1-11(13,14)15/h3-5,17H,1-2,7H2. The third-order valence-electron chi connectivity index (χ3n) is 2.00. The van der Waals surface area contributed by atoms with Crippen LogP contribution < -0.4 is 5.32 Å². The van der Waals surface area contributed by atoms with E-state index in [2.05, 4.69) is 5.32 Å². The first-order valence-corrected chi connectivity index (χ1v) is 4.88. The molecule has 0 fully saturated rings. The van der Waals surface area contributed by atoms with Crippen molar-refractivity contribution in [2.75, 3.05) is 6.54 Å². The first-order valence-electron chi connectivity index (χ1n) is 4.88. The molecule has 0 spiro atoms. The van der Waals surface area contributed by atoms with Gasteiger partial charge in [-0.1, -0.05) is 0 Å². The molecule has 1 rings (SSSR count). The van der Waals surface area contributed by atoms with Crippen LogP contribution in [0.1, 0.15) is 17.5 Å². The molecule has 0 atom stereocenters. The Balaban J connectivity index is 2.47. The van der Waals surface area contributed by atoms with Crippen LogP contribution in [0.3, 0.4) is 0 Å². The van der Waals surface area contributed by atoms with Crippen molar-refractivity contribution in [1.82, 2.24) is 5.32 Å². The summed E-state index contributed by atoms with van der Waals surface area (Å²) in [4.78, 5) is 0. The Labute approximate surface area is 95.9 Å². The molecule has 17 heavy (non-hydrogen) atoms. The predicted molar refractivity (Wildman–Crippen MR) is 53.5 cm³/mol. The van der Waals surface area contributed by atoms with Gasteiger partial charge in [0.25, 0.3) is 0 Å². The van der Waals surface area contributed by atoms with E-state index in [1.54, 1.807) is 6.07 Å². The molecule has 0 aliphatic rings. The second-order valence-corrected chi connectivity index (χ2v) is 3.50. The van der Waals surface area contributed by atoms with E-state index in [1.807, 2.05) is 0 Å². The smallest absolute Gasteiger partial charge is 0.312 e. The van der Waals surface area contributed by atoms with Crippen LogP contribution >= 0.6 is 0 Å². The van der Waals surface area contributed by atoms with E-state index in [-0.39, 0.29) is 18.7 Å². The quantitative estimate of drug-likeness (QED) is 0.655. The summed E-state index contributed by atoms with van der Waals surface area (Å²) in [6.45, 7) is -0.135. The lowest BCUT2D eigenvalue weighted by molar-refractivity contribution is -0.133. The number of benzene rings is 1. The highest BCUT2D eigenvalue weighted by Gasteiger charge is 2.25. The van der Waals surface area contributed by atoms with Crippen molar-refractivity contribution in [3.8, 4) is 6.07 Å². The van der Waals surface area contributed by atoms with E-state index in [4.69, 9.17) is 5.26 Å². The minimum atomic E-state index is -4.20. The van der Waals surface area contributed by atoms with Crippen molar-refractivity contribution in [2.24, 2.45) is 0 Å². The molecule has 1 aromatic carbocycles. The molecular formula is C11H10F4N2. The number of hydrogen-bond acceptors (Lipinski definition) is 2. The Kier molecular flexibility index (Phi) is 4.46. The maximum absolute atomic E-state index is 13.0. The molecule has 0 aliphatic heterocycles. The molecule has 0 saturated heterocycles. The fourth-order valence-electron chi connectivity index (χ4n) is 1.28. The van der Waals surface area contributed by atoms with Crippen molar-refractivity contribution in [3.63, 3.8) is 0 Å². The van der Waals surface area contributed by atoms with Crippen molar-refractivity contribution in [1.29, 1.82) is 5.26 Å². The summed E-state index contributed by atoms with van der Waals surface area (Å²) >= 11 is 0. The van der Waals surface area contributed by atoms with Crippen molar-refractivity contribution >= 4 is 0 Å². The molecule has 0 unspecified atom stereocenters. The summed E-state index contributed by atoms with van der Waals surface area (Å²) < 4.78 is 48.4. The minimum Gasteiger partial charge on any atom is -0.312 e. The van der Waals surface area contributed by atoms with Crippen LogP contribution in [0, 0.1) is 17.1 Å². The third kappa shape index (κ3) is 5.31. The van der Waals surface area contributed by atoms with Gasteiger partial charge in [0.05, 0.1) is 18.1 Å². The molecule has 0 saturated carbocycles. The van der Waals surface area contributed by atoms with Crippen molar-refractivity contribution in [2.45, 2.75) is 19.1 Å². The molecule has 1 N–H and O–H groups in total. The minimum absolute atomic E-state index is 0.0997. The Bertz CT molecular complexity index is 420. The first kappa shape index (κ1) is 13.5. The molecule has 92 valence electrons. The number of nitrogens with zero attached hydrogens (tertiary/aromatic N) is 1. The van der Waals surface area contributed by atoms with Gasteiger partial charge < -0.3 is 5.32 Å². The Hall–Kier alpha value is -1.61. The highest BCUT2D eigenvalue weighted by molar-refractivity contribution is 5.33. The van der Waals surface area contributed by atoms with E-state index >= 15 is 0 Å². The average Bonchev–Trinajstić information content (AvgIpc) is 2.22. The molecule has 2 nitrogen and oxygen atoms in total. The van der Waals surface area contributed by atoms with E-state index in [9.17, 15) is 17.6 Å². The van der Waals surface area contributed by atoms with Crippen molar-refractivity contribution < 1.29 is 17.6 Å². The SMILES string of the molecule is N#Cc1cc(F)cc(CNCCC(F)(F)F)c1. The van der Waals surface area contributed by atoms with E-state index < -0.39 is 18.4 Å². The van der Waals surface area contributed by atoms with Crippen LogP contribution in [0.4, 0.5) is 17.6 Å². The Morgan fingerprint density at radius 3 is 2.53 bits per heavy atom. The van der Waals surface area contributed by atoms with Gasteiger partial charge in [0, 0.05) is 13.1 Å². The fraction of sp³-hybridized carbons (Fsp3) is 0.364. The molecule has 6 heteroatoms. The molecule has 0 aliphatic carbocycles. The van der Waals surface area contributed by atoms with Crippen LogP contribution in [-0.4, -0.2) is 12.7 Å². The summed E-state index contributed by atoms with van der Waals surface area (Å²) in [5.74, 6) is -0.573. The summed E-state index contributed by atoms with van der Waals surface area (Å²) in [5, 5.41) is 11.1. The van der Waals surface area contributed by atoms with E-state index in [0.717, 1.165) is 6.07 Å². The zero-order valence-corrected chi connectivity index (χ0v) is 8.81. The number of rotatable bonds is 4. The van der Waals surface area contributed by atoms with Crippen LogP contribution in [0.15, 0.2) is 18.2 Å². The van der Waals surface area contributed by atoms with Gasteiger partial charge in [-0.25, -0.2) is 4.39 Å². The number of halogens is 4. The highest BCUT2D eigenvalue weighted by Crippen LogP contribution is 2.18. The highest BCUT2D eigenvalue weighted by atomic mass is 19.4. The predicted octanol–water partition coefficient (Wildman–Crippen LogP) is 2.74. The lowest BCUT2D eigenvalue weighted by Crippen LogP contribution is -2.21. The zero-order chi connectivity index (χ0) is 12.9. The molecular weight excluding hydrogens is 236 g/mol. The van der Waals surface area contributed by atoms with E-state index in [0.29, 0.717) is 5.56 Å². The number of nitrogens with one attached hydrogen (secondary N) is 1. The largest absolute Gasteiger partial charge is 0.390 e. The summed E-state index contributed by atoms with van der Waals surface area (Å²) in [6.07, 6.45) is -5.14. The topological polar surface area (TPSA) is 35.8 Å². The van der Waals surface area contributed by atoms with Crippen LogP contribution in [-0.2, 0) is 6.54 Å². The molecule has 0 radical (unpaired) electrons. The maximum atomic E-state index is 13.0. The van der Waals surface area contributed by atoms with Crippen LogP contribution in [0.2, 0.25) is 0 Å². The summed E-state index contributed by atoms with van der Waals surface area (Å²) in [5.41, 5.74) is 0.598. The molecule has 1 aromatic rings. The second-order valence-electron chi connectivity index (χ2n) is 3.50.